The molecule has 6 nitrogen and oxygen atoms in total. The van der Waals surface area contributed by atoms with Crippen LogP contribution in [0.3, 0.4) is 0 Å². The summed E-state index contributed by atoms with van der Waals surface area (Å²) < 4.78 is 6.55. The van der Waals surface area contributed by atoms with Gasteiger partial charge in [-0.3, -0.25) is 4.79 Å². The lowest BCUT2D eigenvalue weighted by Gasteiger charge is -2.23. The van der Waals surface area contributed by atoms with Crippen molar-refractivity contribution in [1.82, 2.24) is 15.0 Å². The third-order valence-corrected chi connectivity index (χ3v) is 5.20. The minimum atomic E-state index is -0.280. The molecule has 2 aromatic carbocycles. The molecule has 140 valence electrons. The Kier molecular flexibility index (Phi) is 4.81. The fourth-order valence-electron chi connectivity index (χ4n) is 3.77. The topological polar surface area (TPSA) is 65.4 Å². The molecule has 0 radical (unpaired) electrons. The smallest absolute Gasteiger partial charge is 0.298 e. The summed E-state index contributed by atoms with van der Waals surface area (Å²) in [7, 11) is 3.01. The zero-order chi connectivity index (χ0) is 18.8. The Morgan fingerprint density at radius 3 is 2.48 bits per heavy atom. The zero-order valence-electron chi connectivity index (χ0n) is 15.6. The molecule has 4 rings (SSSR count). The molecular formula is C21H23N3O3. The van der Waals surface area contributed by atoms with E-state index in [0.717, 1.165) is 31.5 Å². The molecule has 1 aliphatic rings. The van der Waals surface area contributed by atoms with Crippen LogP contribution in [0.4, 0.5) is 0 Å². The third kappa shape index (κ3) is 3.17. The highest BCUT2D eigenvalue weighted by Gasteiger charge is 2.18. The second-order valence-electron chi connectivity index (χ2n) is 6.72. The maximum Gasteiger partial charge on any atom is 0.298 e. The average molecular weight is 365 g/mol. The zero-order valence-corrected chi connectivity index (χ0v) is 15.6. The number of ether oxygens (including phenoxy) is 1. The van der Waals surface area contributed by atoms with Crippen LogP contribution in [0, 0.1) is 0 Å². The van der Waals surface area contributed by atoms with E-state index in [1.54, 1.807) is 13.2 Å². The summed E-state index contributed by atoms with van der Waals surface area (Å²) in [5.74, 6) is 1.56. The van der Waals surface area contributed by atoms with Crippen LogP contribution in [0.5, 0.6) is 5.75 Å². The van der Waals surface area contributed by atoms with Crippen LogP contribution >= 0.6 is 0 Å². The highest BCUT2D eigenvalue weighted by molar-refractivity contribution is 5.85. The lowest BCUT2D eigenvalue weighted by molar-refractivity contribution is 0.160. The van der Waals surface area contributed by atoms with E-state index in [0.29, 0.717) is 28.4 Å². The maximum atomic E-state index is 13.0. The summed E-state index contributed by atoms with van der Waals surface area (Å²) in [6.45, 7) is 2.12. The molecule has 1 aromatic heterocycles. The fraction of sp³-hybridized carbons (Fsp3) is 0.333. The van der Waals surface area contributed by atoms with Crippen molar-refractivity contribution < 1.29 is 9.57 Å². The molecule has 1 saturated heterocycles. The van der Waals surface area contributed by atoms with E-state index in [9.17, 15) is 4.79 Å². The minimum Gasteiger partial charge on any atom is -0.496 e. The number of nitrogens with zero attached hydrogens (tertiary/aromatic N) is 2. The van der Waals surface area contributed by atoms with Gasteiger partial charge in [0, 0.05) is 5.56 Å². The fourth-order valence-corrected chi connectivity index (χ4v) is 3.77. The Bertz CT molecular complexity index is 1010. The normalized spacial score (nSPS) is 15.0. The van der Waals surface area contributed by atoms with Crippen molar-refractivity contribution in [3.63, 3.8) is 0 Å². The standard InChI is InChI=1S/C21H23N3O3/c1-26-18-5-3-4-17-19(18)21(25)24(27-2)20(23-17)16-8-6-14(7-9-16)15-10-12-22-13-11-15/h3-9,15,22H,10-13H2,1-2H3. The highest BCUT2D eigenvalue weighted by atomic mass is 16.7. The molecule has 1 N–H and O–H groups in total. The van der Waals surface area contributed by atoms with Crippen molar-refractivity contribution in [3.8, 4) is 17.1 Å². The van der Waals surface area contributed by atoms with Crippen LogP contribution in [0.15, 0.2) is 47.3 Å². The molecule has 3 aromatic rings. The van der Waals surface area contributed by atoms with E-state index in [1.807, 2.05) is 24.3 Å². The van der Waals surface area contributed by atoms with Gasteiger partial charge in [0.05, 0.1) is 12.6 Å². The summed E-state index contributed by atoms with van der Waals surface area (Å²) >= 11 is 0. The largest absolute Gasteiger partial charge is 0.496 e. The van der Waals surface area contributed by atoms with Gasteiger partial charge in [0.2, 0.25) is 0 Å². The number of piperidine rings is 1. The van der Waals surface area contributed by atoms with Gasteiger partial charge in [-0.15, -0.1) is 4.73 Å². The molecule has 0 bridgehead atoms. The lowest BCUT2D eigenvalue weighted by Crippen LogP contribution is -2.28. The number of benzene rings is 2. The van der Waals surface area contributed by atoms with E-state index < -0.39 is 0 Å². The predicted octanol–water partition coefficient (Wildman–Crippen LogP) is 2.60. The van der Waals surface area contributed by atoms with Gasteiger partial charge in [0.15, 0.2) is 5.82 Å². The minimum absolute atomic E-state index is 0.280. The molecule has 0 saturated carbocycles. The Morgan fingerprint density at radius 1 is 1.07 bits per heavy atom. The van der Waals surface area contributed by atoms with Gasteiger partial charge in [-0.25, -0.2) is 4.98 Å². The number of aromatic nitrogens is 2. The first-order valence-corrected chi connectivity index (χ1v) is 9.18. The summed E-state index contributed by atoms with van der Waals surface area (Å²) in [6.07, 6.45) is 2.30. The van der Waals surface area contributed by atoms with Gasteiger partial charge in [0.25, 0.3) is 5.56 Å². The Balaban J connectivity index is 1.80. The summed E-state index contributed by atoms with van der Waals surface area (Å²) in [4.78, 5) is 23.0. The Hall–Kier alpha value is -2.86. The second kappa shape index (κ2) is 7.40. The Morgan fingerprint density at radius 2 is 1.81 bits per heavy atom. The SMILES string of the molecule is COc1cccc2nc(-c3ccc(C4CCNCC4)cc3)n(OC)c(=O)c12. The van der Waals surface area contributed by atoms with Gasteiger partial charge in [-0.1, -0.05) is 30.3 Å². The van der Waals surface area contributed by atoms with Crippen molar-refractivity contribution >= 4 is 10.9 Å². The van der Waals surface area contributed by atoms with Crippen LogP contribution in [0.2, 0.25) is 0 Å². The number of nitrogens with one attached hydrogen (secondary N) is 1. The average Bonchev–Trinajstić information content (AvgIpc) is 2.74. The molecule has 0 amide bonds. The van der Waals surface area contributed by atoms with Crippen molar-refractivity contribution in [3.05, 3.63) is 58.4 Å². The van der Waals surface area contributed by atoms with Gasteiger partial charge in [-0.2, -0.15) is 0 Å². The van der Waals surface area contributed by atoms with Crippen LogP contribution in [0.1, 0.15) is 24.3 Å². The summed E-state index contributed by atoms with van der Waals surface area (Å²) in [6, 6.07) is 13.7. The van der Waals surface area contributed by atoms with Crippen molar-refractivity contribution in [2.45, 2.75) is 18.8 Å². The van der Waals surface area contributed by atoms with Crippen molar-refractivity contribution in [2.75, 3.05) is 27.3 Å². The van der Waals surface area contributed by atoms with Gasteiger partial charge < -0.3 is 14.9 Å². The molecule has 0 aliphatic carbocycles. The van der Waals surface area contributed by atoms with E-state index in [-0.39, 0.29) is 5.56 Å². The summed E-state index contributed by atoms with van der Waals surface area (Å²) in [5, 5.41) is 3.81. The molecule has 0 spiro atoms. The first kappa shape index (κ1) is 17.5. The number of hydrogen-bond donors (Lipinski definition) is 1. The highest BCUT2D eigenvalue weighted by Crippen LogP contribution is 2.28. The monoisotopic (exact) mass is 365 g/mol. The molecule has 2 heterocycles. The number of rotatable bonds is 4. The van der Waals surface area contributed by atoms with Gasteiger partial charge in [0.1, 0.15) is 18.2 Å². The van der Waals surface area contributed by atoms with Gasteiger partial charge in [-0.05, 0) is 49.5 Å². The third-order valence-electron chi connectivity index (χ3n) is 5.20. The van der Waals surface area contributed by atoms with Crippen LogP contribution in [0.25, 0.3) is 22.3 Å². The quantitative estimate of drug-likeness (QED) is 0.770. The van der Waals surface area contributed by atoms with Gasteiger partial charge >= 0.3 is 0 Å². The van der Waals surface area contributed by atoms with Crippen LogP contribution < -0.4 is 20.5 Å². The van der Waals surface area contributed by atoms with Crippen LogP contribution in [-0.4, -0.2) is 37.0 Å². The molecule has 0 atom stereocenters. The maximum absolute atomic E-state index is 13.0. The molecule has 6 heteroatoms. The molecule has 0 unspecified atom stereocenters. The van der Waals surface area contributed by atoms with E-state index in [4.69, 9.17) is 9.57 Å². The summed E-state index contributed by atoms with van der Waals surface area (Å²) in [5.41, 5.74) is 2.48. The van der Waals surface area contributed by atoms with Crippen molar-refractivity contribution in [1.29, 1.82) is 0 Å². The predicted molar refractivity (Wildman–Crippen MR) is 105 cm³/mol. The Labute approximate surface area is 157 Å². The number of hydrogen-bond acceptors (Lipinski definition) is 5. The second-order valence-corrected chi connectivity index (χ2v) is 6.72. The lowest BCUT2D eigenvalue weighted by atomic mass is 9.90. The van der Waals surface area contributed by atoms with Crippen molar-refractivity contribution in [2.24, 2.45) is 0 Å². The molecule has 27 heavy (non-hydrogen) atoms. The molecule has 1 aliphatic heterocycles. The molecular weight excluding hydrogens is 342 g/mol. The first-order valence-electron chi connectivity index (χ1n) is 9.18. The van der Waals surface area contributed by atoms with E-state index in [1.165, 1.54) is 17.4 Å². The number of methoxy groups -OCH3 is 1. The van der Waals surface area contributed by atoms with Crippen LogP contribution in [-0.2, 0) is 0 Å². The van der Waals surface area contributed by atoms with E-state index >= 15 is 0 Å². The number of fused-ring (bicyclic) bond motifs is 1. The van der Waals surface area contributed by atoms with E-state index in [2.05, 4.69) is 22.4 Å². The first-order chi connectivity index (χ1) is 13.2. The molecule has 1 fully saturated rings.